The number of benzene rings is 1. The minimum absolute atomic E-state index is 0. The fraction of sp³-hybridized carbons (Fsp3) is 0.650. The van der Waals surface area contributed by atoms with Gasteiger partial charge in [-0.3, -0.25) is 0 Å². The summed E-state index contributed by atoms with van der Waals surface area (Å²) < 4.78 is 10.7. The highest BCUT2D eigenvalue weighted by Gasteiger charge is 2.21. The smallest absolute Gasteiger partial charge is 0.191 e. The Morgan fingerprint density at radius 3 is 2.70 bits per heavy atom. The first kappa shape index (κ1) is 23.8. The standard InChI is InChI=1S/C20H34N4O2.HI/c1-5-10-24-11-9-16(15-24)13-22-20(21-6-2)23-14-17-7-8-18(25-3)12-19(17)26-4;/h7-8,12,16H,5-6,9-11,13-15H2,1-4H3,(H2,21,22,23);1H. The van der Waals surface area contributed by atoms with Gasteiger partial charge in [-0.05, 0) is 50.9 Å². The summed E-state index contributed by atoms with van der Waals surface area (Å²) >= 11 is 0. The highest BCUT2D eigenvalue weighted by molar-refractivity contribution is 14.0. The Hall–Kier alpha value is -1.22. The lowest BCUT2D eigenvalue weighted by atomic mass is 10.1. The Kier molecular flexibility index (Phi) is 11.5. The Labute approximate surface area is 181 Å². The molecule has 1 aliphatic rings. The molecule has 1 unspecified atom stereocenters. The molecular weight excluding hydrogens is 455 g/mol. The normalized spacial score (nSPS) is 17.3. The van der Waals surface area contributed by atoms with Crippen LogP contribution in [0.1, 0.15) is 32.3 Å². The number of hydrogen-bond acceptors (Lipinski definition) is 4. The second kappa shape index (κ2) is 13.0. The number of guanidine groups is 1. The highest BCUT2D eigenvalue weighted by Crippen LogP contribution is 2.25. The van der Waals surface area contributed by atoms with Gasteiger partial charge in [0.2, 0.25) is 0 Å². The van der Waals surface area contributed by atoms with Gasteiger partial charge in [0, 0.05) is 31.3 Å². The topological polar surface area (TPSA) is 58.1 Å². The van der Waals surface area contributed by atoms with Gasteiger partial charge in [0.05, 0.1) is 20.8 Å². The largest absolute Gasteiger partial charge is 0.497 e. The summed E-state index contributed by atoms with van der Waals surface area (Å²) in [6.45, 7) is 10.3. The molecule has 1 saturated heterocycles. The molecular formula is C20H35IN4O2. The van der Waals surface area contributed by atoms with E-state index in [9.17, 15) is 0 Å². The van der Waals surface area contributed by atoms with Gasteiger partial charge in [0.15, 0.2) is 5.96 Å². The molecule has 6 nitrogen and oxygen atoms in total. The molecule has 27 heavy (non-hydrogen) atoms. The zero-order valence-corrected chi connectivity index (χ0v) is 19.4. The van der Waals surface area contributed by atoms with Gasteiger partial charge in [0.25, 0.3) is 0 Å². The van der Waals surface area contributed by atoms with Crippen LogP contribution >= 0.6 is 24.0 Å². The van der Waals surface area contributed by atoms with Gasteiger partial charge in [-0.2, -0.15) is 0 Å². The summed E-state index contributed by atoms with van der Waals surface area (Å²) in [5.41, 5.74) is 1.04. The maximum Gasteiger partial charge on any atom is 0.191 e. The maximum absolute atomic E-state index is 5.46. The van der Waals surface area contributed by atoms with Gasteiger partial charge in [0.1, 0.15) is 11.5 Å². The predicted molar refractivity (Wildman–Crippen MR) is 123 cm³/mol. The number of hydrogen-bond donors (Lipinski definition) is 2. The summed E-state index contributed by atoms with van der Waals surface area (Å²) in [6.07, 6.45) is 2.49. The number of halogens is 1. The van der Waals surface area contributed by atoms with Gasteiger partial charge in [-0.1, -0.05) is 6.92 Å². The molecule has 0 aliphatic carbocycles. The molecule has 2 N–H and O–H groups in total. The molecule has 1 aromatic carbocycles. The fourth-order valence-corrected chi connectivity index (χ4v) is 3.33. The molecule has 154 valence electrons. The molecule has 1 heterocycles. The van der Waals surface area contributed by atoms with Gasteiger partial charge in [-0.25, -0.2) is 4.99 Å². The van der Waals surface area contributed by atoms with Crippen LogP contribution in [0, 0.1) is 5.92 Å². The van der Waals surface area contributed by atoms with Crippen molar-refractivity contribution in [2.24, 2.45) is 10.9 Å². The average molecular weight is 490 g/mol. The third kappa shape index (κ3) is 7.73. The maximum atomic E-state index is 5.46. The summed E-state index contributed by atoms with van der Waals surface area (Å²) in [5, 5.41) is 6.84. The molecule has 1 atom stereocenters. The molecule has 2 rings (SSSR count). The minimum atomic E-state index is 0. The second-order valence-corrected chi connectivity index (χ2v) is 6.71. The molecule has 0 radical (unpaired) electrons. The van der Waals surface area contributed by atoms with Crippen molar-refractivity contribution in [2.45, 2.75) is 33.2 Å². The number of likely N-dealkylation sites (tertiary alicyclic amines) is 1. The van der Waals surface area contributed by atoms with E-state index in [2.05, 4.69) is 29.4 Å². The van der Waals surface area contributed by atoms with Crippen molar-refractivity contribution < 1.29 is 9.47 Å². The first-order valence-electron chi connectivity index (χ1n) is 9.65. The van der Waals surface area contributed by atoms with Gasteiger partial charge in [-0.15, -0.1) is 24.0 Å². The van der Waals surface area contributed by atoms with Crippen molar-refractivity contribution in [3.05, 3.63) is 23.8 Å². The average Bonchev–Trinajstić information content (AvgIpc) is 3.11. The molecule has 1 aliphatic heterocycles. The second-order valence-electron chi connectivity index (χ2n) is 6.71. The van der Waals surface area contributed by atoms with E-state index >= 15 is 0 Å². The van der Waals surface area contributed by atoms with Crippen LogP contribution in [0.4, 0.5) is 0 Å². The Morgan fingerprint density at radius 2 is 2.04 bits per heavy atom. The van der Waals surface area contributed by atoms with E-state index < -0.39 is 0 Å². The number of ether oxygens (including phenoxy) is 2. The van der Waals surface area contributed by atoms with E-state index in [1.54, 1.807) is 14.2 Å². The molecule has 1 aromatic rings. The van der Waals surface area contributed by atoms with Crippen LogP contribution in [0.15, 0.2) is 23.2 Å². The quantitative estimate of drug-likeness (QED) is 0.317. The molecule has 1 fully saturated rings. The van der Waals surface area contributed by atoms with E-state index in [0.29, 0.717) is 12.5 Å². The van der Waals surface area contributed by atoms with E-state index in [1.165, 1.54) is 32.5 Å². The van der Waals surface area contributed by atoms with Crippen LogP contribution in [0.25, 0.3) is 0 Å². The van der Waals surface area contributed by atoms with Crippen molar-refractivity contribution >= 4 is 29.9 Å². The summed E-state index contributed by atoms with van der Waals surface area (Å²) in [7, 11) is 3.33. The fourth-order valence-electron chi connectivity index (χ4n) is 3.33. The van der Waals surface area contributed by atoms with Crippen molar-refractivity contribution in [1.29, 1.82) is 0 Å². The third-order valence-electron chi connectivity index (χ3n) is 4.71. The Morgan fingerprint density at radius 1 is 1.22 bits per heavy atom. The molecule has 0 aromatic heterocycles. The summed E-state index contributed by atoms with van der Waals surface area (Å²) in [5.74, 6) is 3.15. The number of nitrogens with one attached hydrogen (secondary N) is 2. The minimum Gasteiger partial charge on any atom is -0.497 e. The first-order chi connectivity index (χ1) is 12.7. The third-order valence-corrected chi connectivity index (χ3v) is 4.71. The van der Waals surface area contributed by atoms with Crippen LogP contribution < -0.4 is 20.1 Å². The Bertz CT molecular complexity index is 583. The SMILES string of the molecule is CCCN1CCC(CNC(=NCc2ccc(OC)cc2OC)NCC)C1.I. The van der Waals surface area contributed by atoms with Crippen LogP contribution in [0.3, 0.4) is 0 Å². The number of methoxy groups -OCH3 is 2. The van der Waals surface area contributed by atoms with Crippen LogP contribution in [0.2, 0.25) is 0 Å². The van der Waals surface area contributed by atoms with Gasteiger partial charge >= 0.3 is 0 Å². The van der Waals surface area contributed by atoms with Crippen LogP contribution in [-0.2, 0) is 6.54 Å². The Balaban J connectivity index is 0.00000364. The van der Waals surface area contributed by atoms with Crippen LogP contribution in [0.5, 0.6) is 11.5 Å². The van der Waals surface area contributed by atoms with E-state index in [-0.39, 0.29) is 24.0 Å². The zero-order chi connectivity index (χ0) is 18.8. The summed E-state index contributed by atoms with van der Waals surface area (Å²) in [4.78, 5) is 7.28. The first-order valence-corrected chi connectivity index (χ1v) is 9.65. The lowest BCUT2D eigenvalue weighted by Gasteiger charge is -2.17. The molecule has 7 heteroatoms. The van der Waals surface area contributed by atoms with Crippen molar-refractivity contribution in [2.75, 3.05) is 46.9 Å². The molecule has 0 amide bonds. The van der Waals surface area contributed by atoms with Crippen molar-refractivity contribution in [3.63, 3.8) is 0 Å². The molecule has 0 bridgehead atoms. The predicted octanol–water partition coefficient (Wildman–Crippen LogP) is 3.11. The highest BCUT2D eigenvalue weighted by atomic mass is 127. The lowest BCUT2D eigenvalue weighted by molar-refractivity contribution is 0.324. The molecule has 0 saturated carbocycles. The van der Waals surface area contributed by atoms with E-state index in [0.717, 1.165) is 36.1 Å². The number of aliphatic imine (C=N–C) groups is 1. The number of nitrogens with zero attached hydrogens (tertiary/aromatic N) is 2. The monoisotopic (exact) mass is 490 g/mol. The number of rotatable bonds is 9. The van der Waals surface area contributed by atoms with Gasteiger partial charge < -0.3 is 25.0 Å². The van der Waals surface area contributed by atoms with E-state index in [4.69, 9.17) is 14.5 Å². The van der Waals surface area contributed by atoms with Crippen LogP contribution in [-0.4, -0.2) is 57.8 Å². The lowest BCUT2D eigenvalue weighted by Crippen LogP contribution is -2.40. The summed E-state index contributed by atoms with van der Waals surface area (Å²) in [6, 6.07) is 5.84. The van der Waals surface area contributed by atoms with E-state index in [1.807, 2.05) is 18.2 Å². The van der Waals surface area contributed by atoms with Crippen molar-refractivity contribution in [1.82, 2.24) is 15.5 Å². The molecule has 0 spiro atoms. The van der Waals surface area contributed by atoms with Crippen molar-refractivity contribution in [3.8, 4) is 11.5 Å². The zero-order valence-electron chi connectivity index (χ0n) is 17.1.